The second-order valence-corrected chi connectivity index (χ2v) is 2.49. The molecule has 2 nitrogen and oxygen atoms in total. The average molecular weight is 138 g/mol. The second-order valence-electron chi connectivity index (χ2n) is 2.49. The maximum Gasteiger partial charge on any atom is 0.156 e. The van der Waals surface area contributed by atoms with Crippen LogP contribution in [0.4, 0.5) is 0 Å². The number of carbonyl (C=O) groups is 2. The number of hydrogen-bond donors (Lipinski definition) is 0. The summed E-state index contributed by atoms with van der Waals surface area (Å²) in [5, 5.41) is 0. The Morgan fingerprint density at radius 1 is 1.80 bits per heavy atom. The van der Waals surface area contributed by atoms with E-state index in [1.165, 1.54) is 0 Å². The van der Waals surface area contributed by atoms with Crippen molar-refractivity contribution in [2.45, 2.75) is 19.8 Å². The first kappa shape index (κ1) is 7.19. The van der Waals surface area contributed by atoms with E-state index in [4.69, 9.17) is 0 Å². The molecule has 0 N–H and O–H groups in total. The fourth-order valence-corrected chi connectivity index (χ4v) is 1.22. The molecule has 0 aromatic rings. The van der Waals surface area contributed by atoms with Gasteiger partial charge in [0.15, 0.2) is 5.78 Å². The highest BCUT2D eigenvalue weighted by Crippen LogP contribution is 2.23. The van der Waals surface area contributed by atoms with Gasteiger partial charge in [0.25, 0.3) is 0 Å². The van der Waals surface area contributed by atoms with E-state index in [2.05, 4.69) is 0 Å². The number of rotatable bonds is 2. The molecule has 1 aliphatic rings. The first-order valence-corrected chi connectivity index (χ1v) is 3.46. The van der Waals surface area contributed by atoms with Crippen molar-refractivity contribution in [2.24, 2.45) is 5.92 Å². The zero-order valence-electron chi connectivity index (χ0n) is 5.96. The van der Waals surface area contributed by atoms with E-state index in [9.17, 15) is 9.59 Å². The molecule has 0 bridgehead atoms. The minimum Gasteiger partial charge on any atom is -0.303 e. The molecule has 0 aromatic carbocycles. The molecule has 1 aliphatic carbocycles. The second kappa shape index (κ2) is 2.78. The Morgan fingerprint density at radius 3 is 2.90 bits per heavy atom. The molecule has 10 heavy (non-hydrogen) atoms. The molecule has 54 valence electrons. The zero-order valence-corrected chi connectivity index (χ0v) is 5.96. The van der Waals surface area contributed by atoms with Gasteiger partial charge in [-0.2, -0.15) is 0 Å². The maximum atomic E-state index is 10.7. The van der Waals surface area contributed by atoms with E-state index in [0.29, 0.717) is 6.42 Å². The molecular weight excluding hydrogens is 128 g/mol. The summed E-state index contributed by atoms with van der Waals surface area (Å²) >= 11 is 0. The van der Waals surface area contributed by atoms with Gasteiger partial charge in [-0.05, 0) is 12.5 Å². The van der Waals surface area contributed by atoms with Gasteiger partial charge in [-0.25, -0.2) is 0 Å². The van der Waals surface area contributed by atoms with Crippen LogP contribution in [-0.2, 0) is 9.59 Å². The highest BCUT2D eigenvalue weighted by atomic mass is 16.1. The lowest BCUT2D eigenvalue weighted by Gasteiger charge is -2.01. The van der Waals surface area contributed by atoms with E-state index >= 15 is 0 Å². The molecule has 0 aliphatic heterocycles. The third-order valence-electron chi connectivity index (χ3n) is 1.82. The maximum absolute atomic E-state index is 10.7. The predicted octanol–water partition coefficient (Wildman–Crippen LogP) is 1.11. The van der Waals surface area contributed by atoms with Gasteiger partial charge >= 0.3 is 0 Å². The Balaban J connectivity index is 2.74. The van der Waals surface area contributed by atoms with Crippen LogP contribution >= 0.6 is 0 Å². The van der Waals surface area contributed by atoms with Crippen molar-refractivity contribution in [3.63, 3.8) is 0 Å². The van der Waals surface area contributed by atoms with Gasteiger partial charge < -0.3 is 4.79 Å². The molecular formula is C8H10O2. The van der Waals surface area contributed by atoms with Crippen molar-refractivity contribution in [3.05, 3.63) is 11.6 Å². The average Bonchev–Trinajstić information content (AvgIpc) is 2.30. The fourth-order valence-electron chi connectivity index (χ4n) is 1.22. The standard InChI is InChI=1S/C8H10O2/c1-2-6-3-8(10)4-7(6)5-9/h3,5,7H,2,4H2,1H3. The Morgan fingerprint density at radius 2 is 2.50 bits per heavy atom. The minimum atomic E-state index is -0.113. The molecule has 0 radical (unpaired) electrons. The smallest absolute Gasteiger partial charge is 0.156 e. The van der Waals surface area contributed by atoms with E-state index < -0.39 is 0 Å². The first-order valence-electron chi connectivity index (χ1n) is 3.46. The monoisotopic (exact) mass is 138 g/mol. The first-order chi connectivity index (χ1) is 4.77. The van der Waals surface area contributed by atoms with E-state index in [1.807, 2.05) is 6.92 Å². The summed E-state index contributed by atoms with van der Waals surface area (Å²) < 4.78 is 0. The topological polar surface area (TPSA) is 34.1 Å². The summed E-state index contributed by atoms with van der Waals surface area (Å²) in [6.45, 7) is 1.96. The van der Waals surface area contributed by atoms with Crippen LogP contribution in [0, 0.1) is 5.92 Å². The van der Waals surface area contributed by atoms with Gasteiger partial charge in [-0.1, -0.05) is 12.5 Å². The van der Waals surface area contributed by atoms with Crippen LogP contribution in [0.25, 0.3) is 0 Å². The molecule has 1 unspecified atom stereocenters. The molecule has 0 aromatic heterocycles. The summed E-state index contributed by atoms with van der Waals surface area (Å²) in [7, 11) is 0. The third-order valence-corrected chi connectivity index (χ3v) is 1.82. The van der Waals surface area contributed by atoms with Crippen molar-refractivity contribution in [1.29, 1.82) is 0 Å². The largest absolute Gasteiger partial charge is 0.303 e. The van der Waals surface area contributed by atoms with Gasteiger partial charge in [-0.3, -0.25) is 4.79 Å². The Labute approximate surface area is 59.9 Å². The third kappa shape index (κ3) is 1.15. The van der Waals surface area contributed by atoms with Crippen molar-refractivity contribution in [1.82, 2.24) is 0 Å². The number of allylic oxidation sites excluding steroid dienone is 2. The van der Waals surface area contributed by atoms with Crippen LogP contribution in [0.1, 0.15) is 19.8 Å². The van der Waals surface area contributed by atoms with Crippen LogP contribution in [0.3, 0.4) is 0 Å². The van der Waals surface area contributed by atoms with Crippen molar-refractivity contribution in [3.8, 4) is 0 Å². The van der Waals surface area contributed by atoms with Crippen molar-refractivity contribution in [2.75, 3.05) is 0 Å². The van der Waals surface area contributed by atoms with Crippen LogP contribution < -0.4 is 0 Å². The summed E-state index contributed by atoms with van der Waals surface area (Å²) in [5.74, 6) is -0.0218. The molecule has 1 rings (SSSR count). The molecule has 2 heteroatoms. The van der Waals surface area contributed by atoms with Gasteiger partial charge in [0, 0.05) is 12.3 Å². The fraction of sp³-hybridized carbons (Fsp3) is 0.500. The minimum absolute atomic E-state index is 0.0916. The summed E-state index contributed by atoms with van der Waals surface area (Å²) in [4.78, 5) is 21.1. The van der Waals surface area contributed by atoms with Gasteiger partial charge in [0.2, 0.25) is 0 Å². The molecule has 0 spiro atoms. The summed E-state index contributed by atoms with van der Waals surface area (Å²) in [6, 6.07) is 0. The van der Waals surface area contributed by atoms with Crippen LogP contribution in [0.2, 0.25) is 0 Å². The lowest BCUT2D eigenvalue weighted by Crippen LogP contribution is -2.01. The zero-order chi connectivity index (χ0) is 7.56. The Kier molecular flexibility index (Phi) is 2.00. The van der Waals surface area contributed by atoms with E-state index in [-0.39, 0.29) is 11.7 Å². The number of ketones is 1. The summed E-state index contributed by atoms with van der Waals surface area (Å²) in [5.41, 5.74) is 0.986. The normalized spacial score (nSPS) is 24.7. The van der Waals surface area contributed by atoms with Crippen molar-refractivity contribution < 1.29 is 9.59 Å². The van der Waals surface area contributed by atoms with Gasteiger partial charge in [0.05, 0.1) is 0 Å². The predicted molar refractivity (Wildman–Crippen MR) is 37.6 cm³/mol. The van der Waals surface area contributed by atoms with Crippen LogP contribution in [0.5, 0.6) is 0 Å². The highest BCUT2D eigenvalue weighted by molar-refractivity contribution is 5.96. The quantitative estimate of drug-likeness (QED) is 0.535. The molecule has 0 amide bonds. The number of carbonyl (C=O) groups excluding carboxylic acids is 2. The highest BCUT2D eigenvalue weighted by Gasteiger charge is 2.22. The van der Waals surface area contributed by atoms with Crippen LogP contribution in [0.15, 0.2) is 11.6 Å². The van der Waals surface area contributed by atoms with Crippen molar-refractivity contribution >= 4 is 12.1 Å². The van der Waals surface area contributed by atoms with E-state index in [1.54, 1.807) is 6.08 Å². The summed E-state index contributed by atoms with van der Waals surface area (Å²) in [6.07, 6.45) is 3.67. The lowest BCUT2D eigenvalue weighted by atomic mass is 10.0. The molecule has 0 heterocycles. The van der Waals surface area contributed by atoms with E-state index in [0.717, 1.165) is 18.3 Å². The lowest BCUT2D eigenvalue weighted by molar-refractivity contribution is -0.117. The molecule has 0 saturated carbocycles. The van der Waals surface area contributed by atoms with Gasteiger partial charge in [-0.15, -0.1) is 0 Å². The Bertz CT molecular complexity index is 191. The molecule has 0 fully saturated rings. The van der Waals surface area contributed by atoms with Crippen LogP contribution in [-0.4, -0.2) is 12.1 Å². The Hall–Kier alpha value is -0.920. The number of hydrogen-bond acceptors (Lipinski definition) is 2. The molecule has 1 atom stereocenters. The number of aldehydes is 1. The van der Waals surface area contributed by atoms with Gasteiger partial charge in [0.1, 0.15) is 6.29 Å². The SMILES string of the molecule is CCC1=CC(=O)CC1C=O. The molecule has 0 saturated heterocycles.